The van der Waals surface area contributed by atoms with Crippen LogP contribution in [0.4, 0.5) is 5.82 Å². The van der Waals surface area contributed by atoms with Crippen LogP contribution in [0.15, 0.2) is 48.5 Å². The predicted octanol–water partition coefficient (Wildman–Crippen LogP) is 3.67. The van der Waals surface area contributed by atoms with Gasteiger partial charge in [-0.2, -0.15) is 0 Å². The van der Waals surface area contributed by atoms with Gasteiger partial charge in [-0.3, -0.25) is 4.79 Å². The highest BCUT2D eigenvalue weighted by Gasteiger charge is 2.29. The van der Waals surface area contributed by atoms with Crippen LogP contribution in [0.5, 0.6) is 5.75 Å². The number of carbonyl (C=O) groups excluding carboxylic acids is 1. The van der Waals surface area contributed by atoms with Crippen LogP contribution in [-0.2, 0) is 30.5 Å². The molecule has 182 valence electrons. The van der Waals surface area contributed by atoms with Gasteiger partial charge < -0.3 is 19.3 Å². The van der Waals surface area contributed by atoms with Crippen LogP contribution in [0.1, 0.15) is 45.5 Å². The average molecular weight is 473 g/mol. The van der Waals surface area contributed by atoms with Crippen molar-refractivity contribution < 1.29 is 14.3 Å². The first-order chi connectivity index (χ1) is 17.2. The zero-order valence-electron chi connectivity index (χ0n) is 20.5. The molecule has 0 saturated carbocycles. The van der Waals surface area contributed by atoms with Crippen LogP contribution in [0.25, 0.3) is 0 Å². The maximum atomic E-state index is 13.3. The molecule has 0 aliphatic carbocycles. The number of aromatic nitrogens is 2. The van der Waals surface area contributed by atoms with Crippen molar-refractivity contribution in [1.29, 1.82) is 0 Å². The predicted molar refractivity (Wildman–Crippen MR) is 135 cm³/mol. The van der Waals surface area contributed by atoms with Gasteiger partial charge in [-0.15, -0.1) is 0 Å². The van der Waals surface area contributed by atoms with Crippen molar-refractivity contribution in [1.82, 2.24) is 14.9 Å². The quantitative estimate of drug-likeness (QED) is 0.545. The first-order valence-electron chi connectivity index (χ1n) is 12.4. The molecule has 0 N–H and O–H groups in total. The molecule has 3 aromatic rings. The lowest BCUT2D eigenvalue weighted by Gasteiger charge is -2.34. The van der Waals surface area contributed by atoms with Gasteiger partial charge in [-0.05, 0) is 30.2 Å². The number of hydrogen-bond donors (Lipinski definition) is 0. The highest BCUT2D eigenvalue weighted by Crippen LogP contribution is 2.30. The van der Waals surface area contributed by atoms with Crippen LogP contribution in [-0.4, -0.2) is 60.7 Å². The molecule has 1 fully saturated rings. The third-order valence-electron chi connectivity index (χ3n) is 6.83. The summed E-state index contributed by atoms with van der Waals surface area (Å²) in [6.07, 6.45) is 2.27. The van der Waals surface area contributed by atoms with Crippen LogP contribution >= 0.6 is 0 Å². The SMILES string of the molecule is CCc1ccc(C(=O)N2CCc3nc(Cc4ccccc4OC)nc(N4CCOCC4)c3C2)cc1. The van der Waals surface area contributed by atoms with Crippen molar-refractivity contribution >= 4 is 11.7 Å². The molecule has 0 atom stereocenters. The van der Waals surface area contributed by atoms with E-state index in [1.54, 1.807) is 7.11 Å². The summed E-state index contributed by atoms with van der Waals surface area (Å²) in [6.45, 7) is 6.20. The smallest absolute Gasteiger partial charge is 0.254 e. The van der Waals surface area contributed by atoms with Crippen LogP contribution in [0.3, 0.4) is 0 Å². The fraction of sp³-hybridized carbons (Fsp3) is 0.393. The Morgan fingerprint density at radius 3 is 2.54 bits per heavy atom. The zero-order chi connectivity index (χ0) is 24.2. The second kappa shape index (κ2) is 10.4. The summed E-state index contributed by atoms with van der Waals surface area (Å²) < 4.78 is 11.1. The van der Waals surface area contributed by atoms with E-state index in [4.69, 9.17) is 19.4 Å². The Morgan fingerprint density at radius 1 is 1.03 bits per heavy atom. The van der Waals surface area contributed by atoms with Crippen molar-refractivity contribution in [2.75, 3.05) is 44.9 Å². The number of rotatable bonds is 6. The number of aryl methyl sites for hydroxylation is 1. The Bertz CT molecular complexity index is 1190. The molecule has 1 saturated heterocycles. The monoisotopic (exact) mass is 472 g/mol. The van der Waals surface area contributed by atoms with Gasteiger partial charge in [0.25, 0.3) is 5.91 Å². The minimum atomic E-state index is 0.0596. The van der Waals surface area contributed by atoms with Gasteiger partial charge in [-0.25, -0.2) is 9.97 Å². The Hall–Kier alpha value is -3.45. The molecule has 0 radical (unpaired) electrons. The van der Waals surface area contributed by atoms with Gasteiger partial charge in [0.1, 0.15) is 17.4 Å². The standard InChI is InChI=1S/C28H32N4O3/c1-3-20-8-10-21(11-9-20)28(33)32-13-12-24-23(19-32)27(31-14-16-35-17-15-31)30-26(29-24)18-22-6-4-5-7-25(22)34-2/h4-11H,3,12-19H2,1-2H3. The molecule has 1 amide bonds. The second-order valence-electron chi connectivity index (χ2n) is 9.00. The molecule has 2 aliphatic rings. The Balaban J connectivity index is 1.46. The summed E-state index contributed by atoms with van der Waals surface area (Å²) in [7, 11) is 1.69. The Labute approximate surface area is 206 Å². The molecule has 1 aromatic heterocycles. The van der Waals surface area contributed by atoms with Crippen molar-refractivity contribution in [2.24, 2.45) is 0 Å². The summed E-state index contributed by atoms with van der Waals surface area (Å²) in [5.41, 5.74) is 5.12. The molecule has 0 spiro atoms. The molecule has 7 heteroatoms. The number of amides is 1. The first-order valence-corrected chi connectivity index (χ1v) is 12.4. The van der Waals surface area contributed by atoms with Gasteiger partial charge in [0, 0.05) is 49.2 Å². The number of carbonyl (C=O) groups is 1. The van der Waals surface area contributed by atoms with Gasteiger partial charge in [0.05, 0.1) is 32.6 Å². The van der Waals surface area contributed by atoms with E-state index < -0.39 is 0 Å². The van der Waals surface area contributed by atoms with Crippen LogP contribution in [0.2, 0.25) is 0 Å². The number of nitrogens with zero attached hydrogens (tertiary/aromatic N) is 4. The summed E-state index contributed by atoms with van der Waals surface area (Å²) in [4.78, 5) is 27.5. The van der Waals surface area contributed by atoms with E-state index in [0.29, 0.717) is 39.1 Å². The minimum absolute atomic E-state index is 0.0596. The zero-order valence-corrected chi connectivity index (χ0v) is 20.5. The lowest BCUT2D eigenvalue weighted by molar-refractivity contribution is 0.0733. The van der Waals surface area contributed by atoms with Crippen molar-refractivity contribution in [3.8, 4) is 5.75 Å². The number of methoxy groups -OCH3 is 1. The van der Waals surface area contributed by atoms with E-state index in [1.165, 1.54) is 5.56 Å². The van der Waals surface area contributed by atoms with E-state index in [1.807, 2.05) is 47.4 Å². The van der Waals surface area contributed by atoms with Crippen molar-refractivity contribution in [2.45, 2.75) is 32.7 Å². The van der Waals surface area contributed by atoms with E-state index in [-0.39, 0.29) is 5.91 Å². The summed E-state index contributed by atoms with van der Waals surface area (Å²) in [5, 5.41) is 0. The number of anilines is 1. The fourth-order valence-electron chi connectivity index (χ4n) is 4.82. The molecular formula is C28H32N4O3. The second-order valence-corrected chi connectivity index (χ2v) is 9.00. The molecule has 5 rings (SSSR count). The molecule has 0 unspecified atom stereocenters. The normalized spacial score (nSPS) is 15.6. The van der Waals surface area contributed by atoms with Crippen molar-refractivity contribution in [3.63, 3.8) is 0 Å². The maximum Gasteiger partial charge on any atom is 0.254 e. The molecular weight excluding hydrogens is 440 g/mol. The molecule has 2 aromatic carbocycles. The molecule has 3 heterocycles. The topological polar surface area (TPSA) is 67.8 Å². The summed E-state index contributed by atoms with van der Waals surface area (Å²) in [5.74, 6) is 2.61. The highest BCUT2D eigenvalue weighted by molar-refractivity contribution is 5.94. The first kappa shape index (κ1) is 23.3. The van der Waals surface area contributed by atoms with E-state index >= 15 is 0 Å². The van der Waals surface area contributed by atoms with E-state index in [2.05, 4.69) is 17.9 Å². The third kappa shape index (κ3) is 5.00. The van der Waals surface area contributed by atoms with Gasteiger partial charge in [0.2, 0.25) is 0 Å². The Kier molecular flexibility index (Phi) is 6.95. The number of ether oxygens (including phenoxy) is 2. The van der Waals surface area contributed by atoms with Gasteiger partial charge >= 0.3 is 0 Å². The van der Waals surface area contributed by atoms with Gasteiger partial charge in [0.15, 0.2) is 0 Å². The highest BCUT2D eigenvalue weighted by atomic mass is 16.5. The van der Waals surface area contributed by atoms with E-state index in [9.17, 15) is 4.79 Å². The minimum Gasteiger partial charge on any atom is -0.496 e. The summed E-state index contributed by atoms with van der Waals surface area (Å²) >= 11 is 0. The van der Waals surface area contributed by atoms with Crippen LogP contribution < -0.4 is 9.64 Å². The van der Waals surface area contributed by atoms with Crippen molar-refractivity contribution in [3.05, 3.63) is 82.3 Å². The third-order valence-corrected chi connectivity index (χ3v) is 6.83. The average Bonchev–Trinajstić information content (AvgIpc) is 2.93. The number of benzene rings is 2. The molecule has 2 aliphatic heterocycles. The van der Waals surface area contributed by atoms with Crippen LogP contribution in [0, 0.1) is 0 Å². The number of para-hydroxylation sites is 1. The van der Waals surface area contributed by atoms with Gasteiger partial charge in [-0.1, -0.05) is 37.3 Å². The molecule has 35 heavy (non-hydrogen) atoms. The lowest BCUT2D eigenvalue weighted by atomic mass is 10.0. The number of morpholine rings is 1. The molecule has 7 nitrogen and oxygen atoms in total. The maximum absolute atomic E-state index is 13.3. The summed E-state index contributed by atoms with van der Waals surface area (Å²) in [6, 6.07) is 16.0. The van der Waals surface area contributed by atoms with E-state index in [0.717, 1.165) is 59.3 Å². The Morgan fingerprint density at radius 2 is 1.80 bits per heavy atom. The lowest BCUT2D eigenvalue weighted by Crippen LogP contribution is -2.41. The largest absolute Gasteiger partial charge is 0.496 e. The number of hydrogen-bond acceptors (Lipinski definition) is 6. The molecule has 0 bridgehead atoms. The fourth-order valence-corrected chi connectivity index (χ4v) is 4.82. The number of fused-ring (bicyclic) bond motifs is 1.